The standard InChI is InChI=1S/C15H13N3O/c16-9-11-3-1-4-12(7-11)10-18-14-6-2-5-13(8-14)15(17)19/h1-8,18H,10H2,(H2,17,19). The SMILES string of the molecule is N#Cc1cccc(CNc2cccc(C(N)=O)c2)c1. The summed E-state index contributed by atoms with van der Waals surface area (Å²) in [6.45, 7) is 0.581. The van der Waals surface area contributed by atoms with Gasteiger partial charge >= 0.3 is 0 Å². The fraction of sp³-hybridized carbons (Fsp3) is 0.0667. The summed E-state index contributed by atoms with van der Waals surface area (Å²) in [5.74, 6) is -0.449. The lowest BCUT2D eigenvalue weighted by Crippen LogP contribution is -2.11. The van der Waals surface area contributed by atoms with Crippen LogP contribution in [-0.2, 0) is 6.54 Å². The number of nitrogens with zero attached hydrogens (tertiary/aromatic N) is 1. The second-order valence-electron chi connectivity index (χ2n) is 4.11. The minimum absolute atomic E-state index is 0.449. The highest BCUT2D eigenvalue weighted by Crippen LogP contribution is 2.12. The number of nitrogens with two attached hydrogens (primary N) is 1. The molecule has 0 aromatic heterocycles. The number of amides is 1. The van der Waals surface area contributed by atoms with Gasteiger partial charge in [0.25, 0.3) is 0 Å². The number of hydrogen-bond acceptors (Lipinski definition) is 3. The average molecular weight is 251 g/mol. The zero-order valence-electron chi connectivity index (χ0n) is 10.3. The molecule has 3 N–H and O–H groups in total. The van der Waals surface area contributed by atoms with E-state index in [1.807, 2.05) is 24.3 Å². The van der Waals surface area contributed by atoms with Crippen LogP contribution in [0.5, 0.6) is 0 Å². The molecule has 2 rings (SSSR count). The van der Waals surface area contributed by atoms with Gasteiger partial charge in [-0.15, -0.1) is 0 Å². The minimum atomic E-state index is -0.449. The molecule has 0 bridgehead atoms. The highest BCUT2D eigenvalue weighted by molar-refractivity contribution is 5.93. The molecule has 94 valence electrons. The van der Waals surface area contributed by atoms with Crippen molar-refractivity contribution in [2.75, 3.05) is 5.32 Å². The van der Waals surface area contributed by atoms with Gasteiger partial charge in [0, 0.05) is 17.8 Å². The van der Waals surface area contributed by atoms with Gasteiger partial charge in [0.1, 0.15) is 0 Å². The Hall–Kier alpha value is -2.80. The molecule has 0 spiro atoms. The molecule has 0 saturated carbocycles. The van der Waals surface area contributed by atoms with Gasteiger partial charge in [-0.2, -0.15) is 5.26 Å². The number of carbonyl (C=O) groups is 1. The Morgan fingerprint density at radius 1 is 1.21 bits per heavy atom. The van der Waals surface area contributed by atoms with Gasteiger partial charge in [0.2, 0.25) is 5.91 Å². The van der Waals surface area contributed by atoms with Crippen molar-refractivity contribution in [2.24, 2.45) is 5.73 Å². The molecule has 0 aliphatic carbocycles. The van der Waals surface area contributed by atoms with Gasteiger partial charge in [-0.1, -0.05) is 18.2 Å². The van der Waals surface area contributed by atoms with Gasteiger partial charge in [0.15, 0.2) is 0 Å². The first-order valence-electron chi connectivity index (χ1n) is 5.82. The van der Waals surface area contributed by atoms with Crippen LogP contribution >= 0.6 is 0 Å². The predicted molar refractivity (Wildman–Crippen MR) is 73.4 cm³/mol. The first kappa shape index (κ1) is 12.7. The quantitative estimate of drug-likeness (QED) is 0.874. The van der Waals surface area contributed by atoms with Crippen molar-refractivity contribution in [3.63, 3.8) is 0 Å². The van der Waals surface area contributed by atoms with Crippen LogP contribution in [-0.4, -0.2) is 5.91 Å². The number of anilines is 1. The fourth-order valence-electron chi connectivity index (χ4n) is 1.74. The molecule has 0 atom stereocenters. The van der Waals surface area contributed by atoms with Crippen LogP contribution < -0.4 is 11.1 Å². The maximum absolute atomic E-state index is 11.1. The van der Waals surface area contributed by atoms with E-state index in [0.29, 0.717) is 17.7 Å². The minimum Gasteiger partial charge on any atom is -0.381 e. The maximum atomic E-state index is 11.1. The fourth-order valence-corrected chi connectivity index (χ4v) is 1.74. The molecule has 1 amide bonds. The highest BCUT2D eigenvalue weighted by Gasteiger charge is 2.01. The Labute approximate surface area is 111 Å². The molecule has 0 unspecified atom stereocenters. The number of hydrogen-bond donors (Lipinski definition) is 2. The van der Waals surface area contributed by atoms with Crippen LogP contribution in [0.4, 0.5) is 5.69 Å². The van der Waals surface area contributed by atoms with Crippen molar-refractivity contribution in [3.8, 4) is 6.07 Å². The van der Waals surface area contributed by atoms with Crippen LogP contribution in [0, 0.1) is 11.3 Å². The van der Waals surface area contributed by atoms with Crippen molar-refractivity contribution in [3.05, 3.63) is 65.2 Å². The molecule has 2 aromatic carbocycles. The van der Waals surface area contributed by atoms with E-state index in [-0.39, 0.29) is 0 Å². The Morgan fingerprint density at radius 2 is 2.00 bits per heavy atom. The van der Waals surface area contributed by atoms with Crippen LogP contribution in [0.1, 0.15) is 21.5 Å². The number of benzene rings is 2. The second kappa shape index (κ2) is 5.69. The van der Waals surface area contributed by atoms with Crippen molar-refractivity contribution in [1.82, 2.24) is 0 Å². The van der Waals surface area contributed by atoms with Crippen LogP contribution in [0.25, 0.3) is 0 Å². The summed E-state index contributed by atoms with van der Waals surface area (Å²) >= 11 is 0. The lowest BCUT2D eigenvalue weighted by Gasteiger charge is -2.07. The van der Waals surface area contributed by atoms with Gasteiger partial charge in [-0.05, 0) is 35.9 Å². The molecule has 4 heteroatoms. The van der Waals surface area contributed by atoms with E-state index in [2.05, 4.69) is 11.4 Å². The summed E-state index contributed by atoms with van der Waals surface area (Å²) in [6.07, 6.45) is 0. The smallest absolute Gasteiger partial charge is 0.248 e. The third-order valence-corrected chi connectivity index (χ3v) is 2.70. The molecule has 0 fully saturated rings. The monoisotopic (exact) mass is 251 g/mol. The third-order valence-electron chi connectivity index (χ3n) is 2.70. The van der Waals surface area contributed by atoms with Gasteiger partial charge in [-0.3, -0.25) is 4.79 Å². The first-order chi connectivity index (χ1) is 9.19. The summed E-state index contributed by atoms with van der Waals surface area (Å²) < 4.78 is 0. The van der Waals surface area contributed by atoms with Crippen molar-refractivity contribution in [1.29, 1.82) is 5.26 Å². The van der Waals surface area contributed by atoms with E-state index in [9.17, 15) is 4.79 Å². The molecular formula is C15H13N3O. The predicted octanol–water partition coefficient (Wildman–Crippen LogP) is 2.27. The van der Waals surface area contributed by atoms with Crippen LogP contribution in [0.3, 0.4) is 0 Å². The maximum Gasteiger partial charge on any atom is 0.248 e. The molecule has 4 nitrogen and oxygen atoms in total. The van der Waals surface area contributed by atoms with Gasteiger partial charge in [0.05, 0.1) is 11.6 Å². The summed E-state index contributed by atoms with van der Waals surface area (Å²) in [6, 6.07) is 16.5. The van der Waals surface area contributed by atoms with Gasteiger partial charge in [-0.25, -0.2) is 0 Å². The van der Waals surface area contributed by atoms with Crippen LogP contribution in [0.2, 0.25) is 0 Å². The Balaban J connectivity index is 2.08. The van der Waals surface area contributed by atoms with E-state index in [1.54, 1.807) is 24.3 Å². The average Bonchev–Trinajstić information content (AvgIpc) is 2.45. The number of carbonyl (C=O) groups excluding carboxylic acids is 1. The molecule has 0 radical (unpaired) electrons. The largest absolute Gasteiger partial charge is 0.381 e. The second-order valence-corrected chi connectivity index (χ2v) is 4.11. The summed E-state index contributed by atoms with van der Waals surface area (Å²) in [5, 5.41) is 12.0. The lowest BCUT2D eigenvalue weighted by molar-refractivity contribution is 0.100. The van der Waals surface area contributed by atoms with Gasteiger partial charge < -0.3 is 11.1 Å². The normalized spacial score (nSPS) is 9.63. The van der Waals surface area contributed by atoms with E-state index in [0.717, 1.165) is 11.3 Å². The Morgan fingerprint density at radius 3 is 2.74 bits per heavy atom. The molecule has 0 heterocycles. The number of primary amides is 1. The third kappa shape index (κ3) is 3.33. The zero-order valence-corrected chi connectivity index (χ0v) is 10.3. The molecule has 0 saturated heterocycles. The number of rotatable bonds is 4. The molecular weight excluding hydrogens is 238 g/mol. The summed E-state index contributed by atoms with van der Waals surface area (Å²) in [4.78, 5) is 11.1. The summed E-state index contributed by atoms with van der Waals surface area (Å²) in [5.41, 5.74) is 8.14. The van der Waals surface area contributed by atoms with Crippen molar-refractivity contribution >= 4 is 11.6 Å². The Bertz CT molecular complexity index is 644. The summed E-state index contributed by atoms with van der Waals surface area (Å²) in [7, 11) is 0. The Kier molecular flexibility index (Phi) is 3.79. The topological polar surface area (TPSA) is 78.9 Å². The lowest BCUT2D eigenvalue weighted by atomic mass is 10.1. The molecule has 0 aliphatic heterocycles. The first-order valence-corrected chi connectivity index (χ1v) is 5.82. The molecule has 2 aromatic rings. The molecule has 0 aliphatic rings. The van der Waals surface area contributed by atoms with Crippen LogP contribution in [0.15, 0.2) is 48.5 Å². The van der Waals surface area contributed by atoms with Crippen molar-refractivity contribution in [2.45, 2.75) is 6.54 Å². The number of nitrogens with one attached hydrogen (secondary N) is 1. The van der Waals surface area contributed by atoms with E-state index < -0.39 is 5.91 Å². The number of nitriles is 1. The molecule has 19 heavy (non-hydrogen) atoms. The van der Waals surface area contributed by atoms with Crippen molar-refractivity contribution < 1.29 is 4.79 Å². The highest BCUT2D eigenvalue weighted by atomic mass is 16.1. The van der Waals surface area contributed by atoms with E-state index >= 15 is 0 Å². The van der Waals surface area contributed by atoms with E-state index in [4.69, 9.17) is 11.0 Å². The zero-order chi connectivity index (χ0) is 13.7. The van der Waals surface area contributed by atoms with E-state index in [1.165, 1.54) is 0 Å².